The molecule has 1 aromatic carbocycles. The average molecular weight is 302 g/mol. The number of benzene rings is 1. The summed E-state index contributed by atoms with van der Waals surface area (Å²) >= 11 is 0. The second kappa shape index (κ2) is 6.80. The summed E-state index contributed by atoms with van der Waals surface area (Å²) in [5.74, 6) is 1.38. The Labute approximate surface area is 133 Å². The highest BCUT2D eigenvalue weighted by atomic mass is 16.5. The molecule has 0 aromatic heterocycles. The molecule has 2 fully saturated rings. The van der Waals surface area contributed by atoms with Crippen LogP contribution in [0.15, 0.2) is 30.3 Å². The minimum Gasteiger partial charge on any atom is -0.376 e. The van der Waals surface area contributed by atoms with Gasteiger partial charge in [-0.05, 0) is 32.0 Å². The number of rotatable bonds is 4. The van der Waals surface area contributed by atoms with E-state index in [0.717, 1.165) is 38.2 Å². The molecule has 2 saturated heterocycles. The maximum atomic E-state index is 12.6. The molecule has 3 atom stereocenters. The summed E-state index contributed by atoms with van der Waals surface area (Å²) in [6, 6.07) is 10.0. The number of fused-ring (bicyclic) bond motifs is 1. The van der Waals surface area contributed by atoms with Crippen molar-refractivity contribution in [3.05, 3.63) is 35.9 Å². The predicted octanol–water partition coefficient (Wildman–Crippen LogP) is 1.65. The van der Waals surface area contributed by atoms with Crippen molar-refractivity contribution in [1.29, 1.82) is 0 Å². The Morgan fingerprint density at radius 1 is 1.32 bits per heavy atom. The Kier molecular flexibility index (Phi) is 4.79. The monoisotopic (exact) mass is 302 g/mol. The summed E-state index contributed by atoms with van der Waals surface area (Å²) in [4.78, 5) is 16.8. The molecule has 0 saturated carbocycles. The maximum absolute atomic E-state index is 12.6. The first kappa shape index (κ1) is 15.5. The Balaban J connectivity index is 1.60. The SMILES string of the molecule is CN(C)C[C@H]1OC[C@@H]2CCN(C(=O)Cc3ccccc3)C[C@@H]21. The minimum atomic E-state index is 0.250. The smallest absolute Gasteiger partial charge is 0.227 e. The summed E-state index contributed by atoms with van der Waals surface area (Å²) in [5, 5.41) is 0. The zero-order chi connectivity index (χ0) is 15.5. The molecule has 0 spiro atoms. The molecular formula is C18H26N2O2. The molecule has 2 aliphatic rings. The van der Waals surface area contributed by atoms with Crippen molar-refractivity contribution in [3.8, 4) is 0 Å². The Hall–Kier alpha value is -1.39. The van der Waals surface area contributed by atoms with Gasteiger partial charge < -0.3 is 14.5 Å². The van der Waals surface area contributed by atoms with Crippen LogP contribution in [0.1, 0.15) is 12.0 Å². The van der Waals surface area contributed by atoms with Crippen molar-refractivity contribution in [2.75, 3.05) is 40.3 Å². The van der Waals surface area contributed by atoms with Crippen molar-refractivity contribution >= 4 is 5.91 Å². The van der Waals surface area contributed by atoms with E-state index in [4.69, 9.17) is 4.74 Å². The maximum Gasteiger partial charge on any atom is 0.227 e. The number of likely N-dealkylation sites (N-methyl/N-ethyl adjacent to an activating group) is 1. The van der Waals surface area contributed by atoms with Crippen LogP contribution < -0.4 is 0 Å². The zero-order valence-corrected chi connectivity index (χ0v) is 13.6. The molecule has 0 radical (unpaired) electrons. The lowest BCUT2D eigenvalue weighted by Gasteiger charge is -2.36. The minimum absolute atomic E-state index is 0.250. The number of hydrogen-bond donors (Lipinski definition) is 0. The quantitative estimate of drug-likeness (QED) is 0.848. The number of amides is 1. The molecular weight excluding hydrogens is 276 g/mol. The molecule has 22 heavy (non-hydrogen) atoms. The molecule has 120 valence electrons. The number of hydrogen-bond acceptors (Lipinski definition) is 3. The number of carbonyl (C=O) groups is 1. The number of piperidine rings is 1. The molecule has 4 nitrogen and oxygen atoms in total. The second-order valence-electron chi connectivity index (χ2n) is 6.85. The normalized spacial score (nSPS) is 28.0. The van der Waals surface area contributed by atoms with Crippen molar-refractivity contribution in [1.82, 2.24) is 9.80 Å². The van der Waals surface area contributed by atoms with E-state index >= 15 is 0 Å². The van der Waals surface area contributed by atoms with Crippen molar-refractivity contribution < 1.29 is 9.53 Å². The molecule has 2 heterocycles. The van der Waals surface area contributed by atoms with Crippen LogP contribution in [0.3, 0.4) is 0 Å². The second-order valence-corrected chi connectivity index (χ2v) is 6.85. The highest BCUT2D eigenvalue weighted by molar-refractivity contribution is 5.78. The van der Waals surface area contributed by atoms with E-state index in [9.17, 15) is 4.79 Å². The van der Waals surface area contributed by atoms with Gasteiger partial charge in [-0.2, -0.15) is 0 Å². The molecule has 1 amide bonds. The van der Waals surface area contributed by atoms with Gasteiger partial charge in [0.1, 0.15) is 0 Å². The van der Waals surface area contributed by atoms with Gasteiger partial charge in [0.25, 0.3) is 0 Å². The third-order valence-electron chi connectivity index (χ3n) is 4.90. The van der Waals surface area contributed by atoms with Crippen LogP contribution in [0.2, 0.25) is 0 Å². The molecule has 3 rings (SSSR count). The summed E-state index contributed by atoms with van der Waals surface area (Å²) in [7, 11) is 4.16. The van der Waals surface area contributed by atoms with Crippen molar-refractivity contribution in [3.63, 3.8) is 0 Å². The van der Waals surface area contributed by atoms with Gasteiger partial charge in [-0.1, -0.05) is 30.3 Å². The van der Waals surface area contributed by atoms with Crippen molar-refractivity contribution in [2.45, 2.75) is 18.9 Å². The lowest BCUT2D eigenvalue weighted by Crippen LogP contribution is -2.47. The molecule has 2 aliphatic heterocycles. The highest BCUT2D eigenvalue weighted by Crippen LogP contribution is 2.34. The van der Waals surface area contributed by atoms with E-state index in [-0.39, 0.29) is 12.0 Å². The van der Waals surface area contributed by atoms with E-state index in [1.807, 2.05) is 35.2 Å². The van der Waals surface area contributed by atoms with E-state index in [1.54, 1.807) is 0 Å². The lowest BCUT2D eigenvalue weighted by atomic mass is 9.84. The first-order chi connectivity index (χ1) is 10.6. The van der Waals surface area contributed by atoms with Crippen LogP contribution in [-0.4, -0.2) is 62.1 Å². The lowest BCUT2D eigenvalue weighted by molar-refractivity contribution is -0.133. The van der Waals surface area contributed by atoms with Crippen LogP contribution >= 0.6 is 0 Å². The van der Waals surface area contributed by atoms with Crippen LogP contribution in [0.4, 0.5) is 0 Å². The largest absolute Gasteiger partial charge is 0.376 e. The number of nitrogens with zero attached hydrogens (tertiary/aromatic N) is 2. The van der Waals surface area contributed by atoms with Gasteiger partial charge in [-0.3, -0.25) is 4.79 Å². The van der Waals surface area contributed by atoms with Crippen LogP contribution in [-0.2, 0) is 16.0 Å². The summed E-state index contributed by atoms with van der Waals surface area (Å²) in [6.45, 7) is 3.55. The van der Waals surface area contributed by atoms with Crippen LogP contribution in [0.5, 0.6) is 0 Å². The van der Waals surface area contributed by atoms with Gasteiger partial charge in [-0.25, -0.2) is 0 Å². The third-order valence-corrected chi connectivity index (χ3v) is 4.90. The van der Waals surface area contributed by atoms with E-state index in [1.165, 1.54) is 0 Å². The van der Waals surface area contributed by atoms with Gasteiger partial charge in [0.2, 0.25) is 5.91 Å². The molecule has 0 unspecified atom stereocenters. The standard InChI is InChI=1S/C18H26N2O2/c1-19(2)12-17-16-11-20(9-8-15(16)13-22-17)18(21)10-14-6-4-3-5-7-14/h3-7,15-17H,8-13H2,1-2H3/t15-,16-,17+/m0/s1. The van der Waals surface area contributed by atoms with Crippen molar-refractivity contribution in [2.24, 2.45) is 11.8 Å². The van der Waals surface area contributed by atoms with Gasteiger partial charge in [0.15, 0.2) is 0 Å². The fourth-order valence-corrected chi connectivity index (χ4v) is 3.69. The first-order valence-electron chi connectivity index (χ1n) is 8.21. The van der Waals surface area contributed by atoms with Gasteiger partial charge in [-0.15, -0.1) is 0 Å². The van der Waals surface area contributed by atoms with Gasteiger partial charge in [0, 0.05) is 25.6 Å². The summed E-state index contributed by atoms with van der Waals surface area (Å²) in [5.41, 5.74) is 1.10. The summed E-state index contributed by atoms with van der Waals surface area (Å²) < 4.78 is 5.98. The first-order valence-corrected chi connectivity index (χ1v) is 8.21. The number of carbonyl (C=O) groups excluding carboxylic acids is 1. The average Bonchev–Trinajstić information content (AvgIpc) is 2.90. The zero-order valence-electron chi connectivity index (χ0n) is 13.6. The number of likely N-dealkylation sites (tertiary alicyclic amines) is 1. The molecule has 1 aromatic rings. The topological polar surface area (TPSA) is 32.8 Å². The summed E-state index contributed by atoms with van der Waals surface area (Å²) in [6.07, 6.45) is 1.86. The predicted molar refractivity (Wildman–Crippen MR) is 86.6 cm³/mol. The van der Waals surface area contributed by atoms with E-state index in [2.05, 4.69) is 19.0 Å². The van der Waals surface area contributed by atoms with Crippen LogP contribution in [0.25, 0.3) is 0 Å². The Bertz CT molecular complexity index is 503. The fraction of sp³-hybridized carbons (Fsp3) is 0.611. The number of ether oxygens (including phenoxy) is 1. The third kappa shape index (κ3) is 3.50. The highest BCUT2D eigenvalue weighted by Gasteiger charge is 2.41. The Morgan fingerprint density at radius 2 is 2.09 bits per heavy atom. The van der Waals surface area contributed by atoms with E-state index in [0.29, 0.717) is 18.3 Å². The molecule has 0 aliphatic carbocycles. The molecule has 4 heteroatoms. The van der Waals surface area contributed by atoms with Gasteiger partial charge >= 0.3 is 0 Å². The van der Waals surface area contributed by atoms with E-state index < -0.39 is 0 Å². The van der Waals surface area contributed by atoms with Crippen LogP contribution in [0, 0.1) is 11.8 Å². The molecule has 0 N–H and O–H groups in total. The Morgan fingerprint density at radius 3 is 2.82 bits per heavy atom. The van der Waals surface area contributed by atoms with Gasteiger partial charge in [0.05, 0.1) is 19.1 Å². The molecule has 0 bridgehead atoms. The fourth-order valence-electron chi connectivity index (χ4n) is 3.69.